The SMILES string of the molecule is COc1nscc1CC1=CC(N)CNC1. The summed E-state index contributed by atoms with van der Waals surface area (Å²) in [5.41, 5.74) is 8.30. The van der Waals surface area contributed by atoms with Crippen LogP contribution in [0.4, 0.5) is 0 Å². The molecule has 0 bridgehead atoms. The smallest absolute Gasteiger partial charge is 0.228 e. The van der Waals surface area contributed by atoms with Crippen LogP contribution in [0.3, 0.4) is 0 Å². The minimum atomic E-state index is 0.131. The Hall–Kier alpha value is -0.910. The van der Waals surface area contributed by atoms with Gasteiger partial charge in [0.2, 0.25) is 5.88 Å². The van der Waals surface area contributed by atoms with Gasteiger partial charge >= 0.3 is 0 Å². The van der Waals surface area contributed by atoms with E-state index in [9.17, 15) is 0 Å². The predicted molar refractivity (Wildman–Crippen MR) is 61.3 cm³/mol. The van der Waals surface area contributed by atoms with Gasteiger partial charge in [0.15, 0.2) is 0 Å². The van der Waals surface area contributed by atoms with E-state index in [2.05, 4.69) is 15.8 Å². The Morgan fingerprint density at radius 2 is 2.60 bits per heavy atom. The van der Waals surface area contributed by atoms with Gasteiger partial charge in [-0.05, 0) is 11.5 Å². The van der Waals surface area contributed by atoms with Crippen molar-refractivity contribution in [3.05, 3.63) is 22.6 Å². The maximum Gasteiger partial charge on any atom is 0.228 e. The first kappa shape index (κ1) is 10.6. The maximum atomic E-state index is 5.84. The summed E-state index contributed by atoms with van der Waals surface area (Å²) in [6.07, 6.45) is 3.01. The van der Waals surface area contributed by atoms with Gasteiger partial charge in [-0.15, -0.1) is 0 Å². The fraction of sp³-hybridized carbons (Fsp3) is 0.500. The number of hydrogen-bond donors (Lipinski definition) is 2. The van der Waals surface area contributed by atoms with Crippen molar-refractivity contribution in [1.82, 2.24) is 9.69 Å². The molecule has 2 rings (SSSR count). The summed E-state index contributed by atoms with van der Waals surface area (Å²) in [6.45, 7) is 1.77. The summed E-state index contributed by atoms with van der Waals surface area (Å²) < 4.78 is 9.33. The van der Waals surface area contributed by atoms with Gasteiger partial charge in [-0.2, -0.15) is 4.37 Å². The van der Waals surface area contributed by atoms with Gasteiger partial charge in [-0.25, -0.2) is 0 Å². The summed E-state index contributed by atoms with van der Waals surface area (Å²) in [6, 6.07) is 0.131. The number of nitrogens with two attached hydrogens (primary N) is 1. The van der Waals surface area contributed by atoms with Crippen molar-refractivity contribution in [2.45, 2.75) is 12.5 Å². The lowest BCUT2D eigenvalue weighted by molar-refractivity contribution is 0.398. The molecule has 15 heavy (non-hydrogen) atoms. The van der Waals surface area contributed by atoms with Crippen LogP contribution in [0.5, 0.6) is 5.88 Å². The van der Waals surface area contributed by atoms with Gasteiger partial charge in [-0.1, -0.05) is 11.6 Å². The topological polar surface area (TPSA) is 60.2 Å². The molecule has 1 atom stereocenters. The second kappa shape index (κ2) is 4.74. The van der Waals surface area contributed by atoms with Crippen molar-refractivity contribution in [1.29, 1.82) is 0 Å². The van der Waals surface area contributed by atoms with Gasteiger partial charge in [0.25, 0.3) is 0 Å². The Morgan fingerprint density at radius 3 is 3.33 bits per heavy atom. The summed E-state index contributed by atoms with van der Waals surface area (Å²) >= 11 is 1.43. The molecule has 3 N–H and O–H groups in total. The van der Waals surface area contributed by atoms with Crippen molar-refractivity contribution in [2.24, 2.45) is 5.73 Å². The Balaban J connectivity index is 2.08. The van der Waals surface area contributed by atoms with E-state index in [1.165, 1.54) is 17.1 Å². The number of aromatic nitrogens is 1. The molecular formula is C10H15N3OS. The molecule has 1 aliphatic heterocycles. The zero-order valence-electron chi connectivity index (χ0n) is 8.69. The minimum absolute atomic E-state index is 0.131. The normalized spacial score (nSPS) is 21.2. The third-order valence-electron chi connectivity index (χ3n) is 2.40. The molecule has 0 aliphatic carbocycles. The maximum absolute atomic E-state index is 5.84. The molecule has 5 heteroatoms. The fourth-order valence-electron chi connectivity index (χ4n) is 1.72. The number of nitrogens with zero attached hydrogens (tertiary/aromatic N) is 1. The van der Waals surface area contributed by atoms with Gasteiger partial charge in [0.1, 0.15) is 0 Å². The van der Waals surface area contributed by atoms with Gasteiger partial charge in [0, 0.05) is 36.5 Å². The summed E-state index contributed by atoms with van der Waals surface area (Å²) in [4.78, 5) is 0. The molecule has 1 aliphatic rings. The van der Waals surface area contributed by atoms with Crippen molar-refractivity contribution < 1.29 is 4.74 Å². The first-order chi connectivity index (χ1) is 7.29. The zero-order valence-corrected chi connectivity index (χ0v) is 9.51. The number of hydrogen-bond acceptors (Lipinski definition) is 5. The van der Waals surface area contributed by atoms with E-state index in [0.717, 1.165) is 31.0 Å². The van der Waals surface area contributed by atoms with Gasteiger partial charge in [0.05, 0.1) is 7.11 Å². The minimum Gasteiger partial charge on any atom is -0.480 e. The van der Waals surface area contributed by atoms with Crippen LogP contribution in [0.25, 0.3) is 0 Å². The molecule has 0 saturated carbocycles. The third-order valence-corrected chi connectivity index (χ3v) is 3.06. The molecular weight excluding hydrogens is 210 g/mol. The van der Waals surface area contributed by atoms with Crippen LogP contribution in [0.2, 0.25) is 0 Å². The van der Waals surface area contributed by atoms with Crippen molar-refractivity contribution in [2.75, 3.05) is 20.2 Å². The average molecular weight is 225 g/mol. The van der Waals surface area contributed by atoms with Crippen molar-refractivity contribution >= 4 is 11.5 Å². The van der Waals surface area contributed by atoms with E-state index < -0.39 is 0 Å². The van der Waals surface area contributed by atoms with E-state index in [4.69, 9.17) is 10.5 Å². The van der Waals surface area contributed by atoms with Crippen LogP contribution < -0.4 is 15.8 Å². The molecule has 4 nitrogen and oxygen atoms in total. The lowest BCUT2D eigenvalue weighted by Gasteiger charge is -2.18. The van der Waals surface area contributed by atoms with E-state index in [1.54, 1.807) is 7.11 Å². The van der Waals surface area contributed by atoms with Crippen LogP contribution in [0.1, 0.15) is 5.56 Å². The summed E-state index contributed by atoms with van der Waals surface area (Å²) in [5.74, 6) is 0.736. The molecule has 82 valence electrons. The van der Waals surface area contributed by atoms with Crippen LogP contribution in [-0.2, 0) is 6.42 Å². The summed E-state index contributed by atoms with van der Waals surface area (Å²) in [5, 5.41) is 5.31. The highest BCUT2D eigenvalue weighted by molar-refractivity contribution is 7.03. The predicted octanol–water partition coefficient (Wildman–Crippen LogP) is 0.551. The van der Waals surface area contributed by atoms with E-state index in [1.807, 2.05) is 5.38 Å². The number of methoxy groups -OCH3 is 1. The second-order valence-electron chi connectivity index (χ2n) is 3.65. The molecule has 0 spiro atoms. The molecule has 0 amide bonds. The Bertz CT molecular complexity index is 361. The van der Waals surface area contributed by atoms with Crippen molar-refractivity contribution in [3.8, 4) is 5.88 Å². The largest absolute Gasteiger partial charge is 0.480 e. The monoisotopic (exact) mass is 225 g/mol. The Morgan fingerprint density at radius 1 is 1.73 bits per heavy atom. The standard InChI is InChI=1S/C10H15N3OS/c1-14-10-8(6-15-13-10)2-7-3-9(11)5-12-4-7/h3,6,9,12H,2,4-5,11H2,1H3. The van der Waals surface area contributed by atoms with Crippen LogP contribution in [0.15, 0.2) is 17.0 Å². The fourth-order valence-corrected chi connectivity index (χ4v) is 2.37. The van der Waals surface area contributed by atoms with Crippen molar-refractivity contribution in [3.63, 3.8) is 0 Å². The first-order valence-electron chi connectivity index (χ1n) is 4.92. The van der Waals surface area contributed by atoms with E-state index >= 15 is 0 Å². The molecule has 0 aromatic carbocycles. The number of nitrogens with one attached hydrogen (secondary N) is 1. The highest BCUT2D eigenvalue weighted by Gasteiger charge is 2.12. The molecule has 1 aromatic rings. The average Bonchev–Trinajstić information content (AvgIpc) is 2.65. The Labute approximate surface area is 93.3 Å². The zero-order chi connectivity index (χ0) is 10.7. The van der Waals surface area contributed by atoms with Gasteiger partial charge in [-0.3, -0.25) is 0 Å². The first-order valence-corrected chi connectivity index (χ1v) is 5.76. The van der Waals surface area contributed by atoms with E-state index in [0.29, 0.717) is 0 Å². The van der Waals surface area contributed by atoms with E-state index in [-0.39, 0.29) is 6.04 Å². The molecule has 1 aromatic heterocycles. The number of ether oxygens (including phenoxy) is 1. The quantitative estimate of drug-likeness (QED) is 0.738. The number of rotatable bonds is 3. The Kier molecular flexibility index (Phi) is 3.35. The molecule has 0 radical (unpaired) electrons. The second-order valence-corrected chi connectivity index (χ2v) is 4.27. The summed E-state index contributed by atoms with van der Waals surface area (Å²) in [7, 11) is 1.65. The van der Waals surface area contributed by atoms with Crippen LogP contribution >= 0.6 is 11.5 Å². The molecule has 1 unspecified atom stereocenters. The lowest BCUT2D eigenvalue weighted by atomic mass is 10.0. The van der Waals surface area contributed by atoms with Gasteiger partial charge < -0.3 is 15.8 Å². The highest BCUT2D eigenvalue weighted by atomic mass is 32.1. The lowest BCUT2D eigenvalue weighted by Crippen LogP contribution is -2.38. The van der Waals surface area contributed by atoms with Crippen LogP contribution in [0, 0.1) is 0 Å². The highest BCUT2D eigenvalue weighted by Crippen LogP contribution is 2.22. The molecule has 0 saturated heterocycles. The molecule has 2 heterocycles. The molecule has 0 fully saturated rings. The van der Waals surface area contributed by atoms with Crippen LogP contribution in [-0.4, -0.2) is 30.6 Å². The third kappa shape index (κ3) is 2.56.